The molecule has 5 heteroatoms. The second-order valence-corrected chi connectivity index (χ2v) is 5.83. The zero-order valence-corrected chi connectivity index (χ0v) is 12.3. The van der Waals surface area contributed by atoms with Crippen molar-refractivity contribution in [2.24, 2.45) is 0 Å². The van der Waals surface area contributed by atoms with Crippen LogP contribution in [-0.4, -0.2) is 9.97 Å². The van der Waals surface area contributed by atoms with E-state index < -0.39 is 0 Å². The molecule has 0 saturated heterocycles. The summed E-state index contributed by atoms with van der Waals surface area (Å²) in [5, 5.41) is 4.37. The van der Waals surface area contributed by atoms with E-state index in [4.69, 9.17) is 5.73 Å². The van der Waals surface area contributed by atoms with Crippen molar-refractivity contribution in [1.82, 2.24) is 9.97 Å². The maximum Gasteiger partial charge on any atom is 0.223 e. The molecule has 3 N–H and O–H groups in total. The number of thiophene rings is 1. The summed E-state index contributed by atoms with van der Waals surface area (Å²) < 4.78 is 0. The van der Waals surface area contributed by atoms with Crippen LogP contribution in [0.4, 0.5) is 17.5 Å². The van der Waals surface area contributed by atoms with Gasteiger partial charge in [-0.25, -0.2) is 4.98 Å². The number of fused-ring (bicyclic) bond motifs is 1. The molecule has 0 atom stereocenters. The number of hydrogen-bond acceptors (Lipinski definition) is 5. The highest BCUT2D eigenvalue weighted by atomic mass is 32.1. The van der Waals surface area contributed by atoms with E-state index in [1.807, 2.05) is 12.1 Å². The predicted octanol–water partition coefficient (Wildman–Crippen LogP) is 3.89. The molecule has 0 bridgehead atoms. The molecule has 2 heterocycles. The number of nitrogens with one attached hydrogen (secondary N) is 1. The van der Waals surface area contributed by atoms with Gasteiger partial charge in [0, 0.05) is 10.6 Å². The van der Waals surface area contributed by atoms with E-state index in [0.29, 0.717) is 5.95 Å². The molecule has 102 valence electrons. The fourth-order valence-corrected chi connectivity index (χ4v) is 3.09. The fourth-order valence-electron chi connectivity index (χ4n) is 2.12. The van der Waals surface area contributed by atoms with Gasteiger partial charge < -0.3 is 11.1 Å². The van der Waals surface area contributed by atoms with Gasteiger partial charge in [-0.15, -0.1) is 11.3 Å². The van der Waals surface area contributed by atoms with Gasteiger partial charge in [0.1, 0.15) is 10.6 Å². The Morgan fingerprint density at radius 2 is 2.10 bits per heavy atom. The molecule has 2 aromatic heterocycles. The summed E-state index contributed by atoms with van der Waals surface area (Å²) >= 11 is 1.67. The first-order valence-corrected chi connectivity index (χ1v) is 7.37. The van der Waals surface area contributed by atoms with Crippen molar-refractivity contribution in [3.63, 3.8) is 0 Å². The number of nitrogen functional groups attached to an aromatic ring is 1. The smallest absolute Gasteiger partial charge is 0.223 e. The van der Waals surface area contributed by atoms with Gasteiger partial charge in [0.25, 0.3) is 0 Å². The van der Waals surface area contributed by atoms with Crippen molar-refractivity contribution in [2.75, 3.05) is 11.1 Å². The monoisotopic (exact) mass is 284 g/mol. The number of nitrogens with two attached hydrogens (primary N) is 1. The second-order valence-electron chi connectivity index (χ2n) is 4.71. The summed E-state index contributed by atoms with van der Waals surface area (Å²) in [6.07, 6.45) is 0.991. The topological polar surface area (TPSA) is 63.8 Å². The standard InChI is InChI=1S/C15H16N4S/c1-3-11-8-12-13(18-15(16)19-14(12)20-11)17-10-6-4-5-9(2)7-10/h4-8H,3H2,1-2H3,(H3,16,17,18,19). The number of anilines is 3. The van der Waals surface area contributed by atoms with Crippen LogP contribution >= 0.6 is 11.3 Å². The fraction of sp³-hybridized carbons (Fsp3) is 0.200. The SMILES string of the molecule is CCc1cc2c(Nc3cccc(C)c3)nc(N)nc2s1. The van der Waals surface area contributed by atoms with Crippen LogP contribution in [0.5, 0.6) is 0 Å². The molecule has 0 fully saturated rings. The first-order valence-electron chi connectivity index (χ1n) is 6.55. The van der Waals surface area contributed by atoms with Crippen LogP contribution in [0.15, 0.2) is 30.3 Å². The molecule has 20 heavy (non-hydrogen) atoms. The third-order valence-electron chi connectivity index (χ3n) is 3.09. The molecule has 3 aromatic rings. The van der Waals surface area contributed by atoms with E-state index in [9.17, 15) is 0 Å². The van der Waals surface area contributed by atoms with Crippen LogP contribution in [0, 0.1) is 6.92 Å². The van der Waals surface area contributed by atoms with Crippen LogP contribution in [0.1, 0.15) is 17.4 Å². The molecule has 0 amide bonds. The van der Waals surface area contributed by atoms with Crippen LogP contribution in [0.3, 0.4) is 0 Å². The number of hydrogen-bond donors (Lipinski definition) is 2. The molecule has 0 saturated carbocycles. The number of rotatable bonds is 3. The lowest BCUT2D eigenvalue weighted by atomic mass is 10.2. The largest absolute Gasteiger partial charge is 0.368 e. The maximum atomic E-state index is 5.80. The molecule has 3 rings (SSSR count). The maximum absolute atomic E-state index is 5.80. The minimum Gasteiger partial charge on any atom is -0.368 e. The lowest BCUT2D eigenvalue weighted by Crippen LogP contribution is -2.00. The van der Waals surface area contributed by atoms with Gasteiger partial charge in [-0.1, -0.05) is 19.1 Å². The van der Waals surface area contributed by atoms with Gasteiger partial charge in [0.2, 0.25) is 5.95 Å². The van der Waals surface area contributed by atoms with Crippen molar-refractivity contribution in [3.8, 4) is 0 Å². The predicted molar refractivity (Wildman–Crippen MR) is 85.7 cm³/mol. The van der Waals surface area contributed by atoms with E-state index in [0.717, 1.165) is 28.1 Å². The Labute approximate surface area is 121 Å². The number of aryl methyl sites for hydroxylation is 2. The molecule has 0 unspecified atom stereocenters. The summed E-state index contributed by atoms with van der Waals surface area (Å²) in [6, 6.07) is 10.3. The Bertz CT molecular complexity index is 764. The normalized spacial score (nSPS) is 10.9. The molecular formula is C15H16N4S. The first kappa shape index (κ1) is 12.9. The Hall–Kier alpha value is -2.14. The summed E-state index contributed by atoms with van der Waals surface area (Å²) in [5.74, 6) is 1.08. The first-order chi connectivity index (χ1) is 9.65. The van der Waals surface area contributed by atoms with Crippen molar-refractivity contribution < 1.29 is 0 Å². The second kappa shape index (κ2) is 5.09. The van der Waals surface area contributed by atoms with Crippen LogP contribution < -0.4 is 11.1 Å². The highest BCUT2D eigenvalue weighted by molar-refractivity contribution is 7.18. The molecule has 0 radical (unpaired) electrons. The Kier molecular flexibility index (Phi) is 3.28. The quantitative estimate of drug-likeness (QED) is 0.766. The van der Waals surface area contributed by atoms with Crippen molar-refractivity contribution in [2.45, 2.75) is 20.3 Å². The van der Waals surface area contributed by atoms with E-state index >= 15 is 0 Å². The number of benzene rings is 1. The Morgan fingerprint density at radius 3 is 2.85 bits per heavy atom. The molecular weight excluding hydrogens is 268 g/mol. The van der Waals surface area contributed by atoms with Crippen molar-refractivity contribution in [1.29, 1.82) is 0 Å². The number of nitrogens with zero attached hydrogens (tertiary/aromatic N) is 2. The summed E-state index contributed by atoms with van der Waals surface area (Å²) in [7, 11) is 0. The van der Waals surface area contributed by atoms with E-state index in [-0.39, 0.29) is 0 Å². The van der Waals surface area contributed by atoms with Gasteiger partial charge in [-0.05, 0) is 37.1 Å². The van der Waals surface area contributed by atoms with E-state index in [2.05, 4.69) is 47.3 Å². The van der Waals surface area contributed by atoms with Crippen LogP contribution in [-0.2, 0) is 6.42 Å². The van der Waals surface area contributed by atoms with Crippen LogP contribution in [0.25, 0.3) is 10.2 Å². The van der Waals surface area contributed by atoms with Crippen molar-refractivity contribution in [3.05, 3.63) is 40.8 Å². The number of aromatic nitrogens is 2. The minimum atomic E-state index is 0.303. The summed E-state index contributed by atoms with van der Waals surface area (Å²) in [5.41, 5.74) is 8.01. The van der Waals surface area contributed by atoms with Crippen molar-refractivity contribution >= 4 is 39.0 Å². The zero-order valence-electron chi connectivity index (χ0n) is 11.5. The average molecular weight is 284 g/mol. The minimum absolute atomic E-state index is 0.303. The Morgan fingerprint density at radius 1 is 1.25 bits per heavy atom. The highest BCUT2D eigenvalue weighted by Gasteiger charge is 2.10. The van der Waals surface area contributed by atoms with Crippen LogP contribution in [0.2, 0.25) is 0 Å². The molecule has 0 aliphatic heterocycles. The highest BCUT2D eigenvalue weighted by Crippen LogP contribution is 2.31. The molecule has 4 nitrogen and oxygen atoms in total. The van der Waals surface area contributed by atoms with E-state index in [1.165, 1.54) is 10.4 Å². The third-order valence-corrected chi connectivity index (χ3v) is 4.26. The molecule has 0 aliphatic carbocycles. The average Bonchev–Trinajstić information content (AvgIpc) is 2.82. The molecule has 1 aromatic carbocycles. The molecule has 0 aliphatic rings. The van der Waals surface area contributed by atoms with E-state index in [1.54, 1.807) is 11.3 Å². The van der Waals surface area contributed by atoms with Gasteiger partial charge >= 0.3 is 0 Å². The summed E-state index contributed by atoms with van der Waals surface area (Å²) in [4.78, 5) is 10.9. The zero-order chi connectivity index (χ0) is 14.1. The van der Waals surface area contributed by atoms with Gasteiger partial charge in [0.05, 0.1) is 5.39 Å². The van der Waals surface area contributed by atoms with Gasteiger partial charge in [-0.3, -0.25) is 0 Å². The lowest BCUT2D eigenvalue weighted by Gasteiger charge is -2.08. The lowest BCUT2D eigenvalue weighted by molar-refractivity contribution is 1.19. The van der Waals surface area contributed by atoms with Gasteiger partial charge in [0.15, 0.2) is 0 Å². The summed E-state index contributed by atoms with van der Waals surface area (Å²) in [6.45, 7) is 4.20. The Balaban J connectivity index is 2.08. The molecule has 0 spiro atoms. The third kappa shape index (κ3) is 2.44. The van der Waals surface area contributed by atoms with Gasteiger partial charge in [-0.2, -0.15) is 4.98 Å².